The van der Waals surface area contributed by atoms with Gasteiger partial charge in [-0.3, -0.25) is 9.35 Å². The number of aliphatic carboxylic acids is 1. The third-order valence-corrected chi connectivity index (χ3v) is 4.32. The fraction of sp³-hybridized carbons (Fsp3) is 0.176. The Hall–Kier alpha value is -2.71. The normalized spacial score (nSPS) is 12.4. The zero-order valence-electron chi connectivity index (χ0n) is 13.3. The number of hydrogen-bond acceptors (Lipinski definition) is 4. The number of amides is 1. The average molecular weight is 363 g/mol. The predicted molar refractivity (Wildman–Crippen MR) is 91.9 cm³/mol. The monoisotopic (exact) mass is 363 g/mol. The first kappa shape index (κ1) is 18.6. The van der Waals surface area contributed by atoms with Gasteiger partial charge >= 0.3 is 5.97 Å². The van der Waals surface area contributed by atoms with E-state index in [4.69, 9.17) is 9.66 Å². The molecular weight excluding hydrogens is 346 g/mol. The molecule has 2 aromatic carbocycles. The van der Waals surface area contributed by atoms with Crippen molar-refractivity contribution >= 4 is 22.0 Å². The maximum Gasteiger partial charge on any atom is 0.327 e. The van der Waals surface area contributed by atoms with Gasteiger partial charge in [-0.1, -0.05) is 48.5 Å². The molecule has 3 N–H and O–H groups in total. The predicted octanol–water partition coefficient (Wildman–Crippen LogP) is 1.73. The van der Waals surface area contributed by atoms with Crippen molar-refractivity contribution in [3.63, 3.8) is 0 Å². The quantitative estimate of drug-likeness (QED) is 0.672. The van der Waals surface area contributed by atoms with E-state index in [2.05, 4.69) is 5.32 Å². The van der Waals surface area contributed by atoms with Gasteiger partial charge < -0.3 is 10.4 Å². The van der Waals surface area contributed by atoms with Crippen LogP contribution in [0.1, 0.15) is 15.9 Å². The van der Waals surface area contributed by atoms with Crippen LogP contribution in [0.4, 0.5) is 0 Å². The lowest BCUT2D eigenvalue weighted by molar-refractivity contribution is -0.138. The number of carbonyl (C=O) groups excluding carboxylic acids is 1. The highest BCUT2D eigenvalue weighted by atomic mass is 32.2. The lowest BCUT2D eigenvalue weighted by Gasteiger charge is -2.17. The first-order valence-corrected chi connectivity index (χ1v) is 8.94. The highest BCUT2D eigenvalue weighted by molar-refractivity contribution is 7.85. The van der Waals surface area contributed by atoms with Crippen molar-refractivity contribution in [1.82, 2.24) is 5.32 Å². The molecule has 1 atom stereocenters. The zero-order valence-corrected chi connectivity index (χ0v) is 14.2. The van der Waals surface area contributed by atoms with E-state index in [1.165, 1.54) is 0 Å². The van der Waals surface area contributed by atoms with E-state index in [9.17, 15) is 18.0 Å². The maximum atomic E-state index is 12.6. The Morgan fingerprint density at radius 1 is 1.08 bits per heavy atom. The van der Waals surface area contributed by atoms with Gasteiger partial charge in [-0.25, -0.2) is 4.79 Å². The summed E-state index contributed by atoms with van der Waals surface area (Å²) in [4.78, 5) is 23.8. The van der Waals surface area contributed by atoms with Crippen LogP contribution in [0.15, 0.2) is 48.5 Å². The van der Waals surface area contributed by atoms with E-state index in [-0.39, 0.29) is 5.56 Å². The van der Waals surface area contributed by atoms with Crippen LogP contribution < -0.4 is 5.32 Å². The van der Waals surface area contributed by atoms with E-state index in [1.807, 2.05) is 6.07 Å². The molecule has 1 amide bonds. The molecule has 0 unspecified atom stereocenters. The molecule has 7 nitrogen and oxygen atoms in total. The van der Waals surface area contributed by atoms with Crippen LogP contribution in [0.3, 0.4) is 0 Å². The summed E-state index contributed by atoms with van der Waals surface area (Å²) in [6.45, 7) is 1.69. The SMILES string of the molecule is Cc1cccc(-c2ccccc2)c1C(=O)N[C@@H](CS(=O)(=O)O)C(=O)O. The minimum atomic E-state index is -4.56. The second kappa shape index (κ2) is 7.45. The van der Waals surface area contributed by atoms with Crippen molar-refractivity contribution in [2.45, 2.75) is 13.0 Å². The lowest BCUT2D eigenvalue weighted by atomic mass is 9.95. The van der Waals surface area contributed by atoms with Crippen LogP contribution in [0.5, 0.6) is 0 Å². The standard InChI is InChI=1S/C17H17NO6S/c1-11-6-5-9-13(12-7-3-2-4-8-12)15(11)16(19)18-14(17(20)21)10-25(22,23)24/h2-9,14H,10H2,1H3,(H,18,19)(H,20,21)(H,22,23,24)/t14-/m0/s1. The van der Waals surface area contributed by atoms with Crippen molar-refractivity contribution in [1.29, 1.82) is 0 Å². The summed E-state index contributed by atoms with van der Waals surface area (Å²) in [6, 6.07) is 12.5. The molecule has 0 fully saturated rings. The number of hydrogen-bond donors (Lipinski definition) is 3. The molecule has 0 aliphatic carbocycles. The first-order chi connectivity index (χ1) is 11.7. The molecule has 2 rings (SSSR count). The molecule has 0 radical (unpaired) electrons. The summed E-state index contributed by atoms with van der Waals surface area (Å²) in [5.74, 6) is -3.39. The molecule has 25 heavy (non-hydrogen) atoms. The molecule has 8 heteroatoms. The van der Waals surface area contributed by atoms with Gasteiger partial charge in [0.1, 0.15) is 11.8 Å². The van der Waals surface area contributed by atoms with Crippen LogP contribution in [0.2, 0.25) is 0 Å². The van der Waals surface area contributed by atoms with E-state index in [1.54, 1.807) is 49.4 Å². The van der Waals surface area contributed by atoms with Gasteiger partial charge in [0.25, 0.3) is 16.0 Å². The first-order valence-electron chi connectivity index (χ1n) is 7.33. The number of rotatable bonds is 6. The van der Waals surface area contributed by atoms with Crippen LogP contribution in [-0.2, 0) is 14.9 Å². The largest absolute Gasteiger partial charge is 0.480 e. The molecule has 0 heterocycles. The molecular formula is C17H17NO6S. The highest BCUT2D eigenvalue weighted by Gasteiger charge is 2.27. The van der Waals surface area contributed by atoms with Crippen molar-refractivity contribution in [3.8, 4) is 11.1 Å². The van der Waals surface area contributed by atoms with Crippen LogP contribution >= 0.6 is 0 Å². The molecule has 0 spiro atoms. The summed E-state index contributed by atoms with van der Waals surface area (Å²) in [5.41, 5.74) is 2.21. The fourth-order valence-corrected chi connectivity index (χ4v) is 3.09. The molecule has 0 aromatic heterocycles. The summed E-state index contributed by atoms with van der Waals surface area (Å²) in [5, 5.41) is 11.3. The van der Waals surface area contributed by atoms with Gasteiger partial charge in [-0.15, -0.1) is 0 Å². The number of benzene rings is 2. The fourth-order valence-electron chi connectivity index (χ4n) is 2.44. The molecule has 2 aromatic rings. The molecule has 0 bridgehead atoms. The average Bonchev–Trinajstić information content (AvgIpc) is 2.53. The van der Waals surface area contributed by atoms with Gasteiger partial charge in [0.15, 0.2) is 0 Å². The summed E-state index contributed by atoms with van der Waals surface area (Å²) in [6.07, 6.45) is 0. The minimum absolute atomic E-state index is 0.246. The Morgan fingerprint density at radius 3 is 2.28 bits per heavy atom. The smallest absolute Gasteiger partial charge is 0.327 e. The summed E-state index contributed by atoms with van der Waals surface area (Å²) < 4.78 is 30.8. The van der Waals surface area contributed by atoms with Gasteiger partial charge in [0.05, 0.1) is 5.56 Å². The Morgan fingerprint density at radius 2 is 1.72 bits per heavy atom. The van der Waals surface area contributed by atoms with Crippen molar-refractivity contribution in [3.05, 3.63) is 59.7 Å². The van der Waals surface area contributed by atoms with Gasteiger partial charge in [-0.05, 0) is 23.6 Å². The number of carboxylic acids is 1. The maximum absolute atomic E-state index is 12.6. The molecule has 0 aliphatic heterocycles. The molecule has 132 valence electrons. The number of carbonyl (C=O) groups is 2. The topological polar surface area (TPSA) is 121 Å². The van der Waals surface area contributed by atoms with E-state index in [0.717, 1.165) is 5.56 Å². The van der Waals surface area contributed by atoms with E-state index in [0.29, 0.717) is 11.1 Å². The summed E-state index contributed by atoms with van der Waals surface area (Å²) >= 11 is 0. The Balaban J connectivity index is 2.41. The van der Waals surface area contributed by atoms with Crippen LogP contribution in [-0.4, -0.2) is 41.7 Å². The van der Waals surface area contributed by atoms with Crippen molar-refractivity contribution < 1.29 is 27.7 Å². The lowest BCUT2D eigenvalue weighted by Crippen LogP contribution is -2.45. The molecule has 0 saturated heterocycles. The number of nitrogens with one attached hydrogen (secondary N) is 1. The van der Waals surface area contributed by atoms with Crippen molar-refractivity contribution in [2.24, 2.45) is 0 Å². The number of aryl methyl sites for hydroxylation is 1. The van der Waals surface area contributed by atoms with Gasteiger partial charge in [-0.2, -0.15) is 8.42 Å². The third-order valence-electron chi connectivity index (χ3n) is 3.57. The molecule has 0 saturated carbocycles. The molecule has 0 aliphatic rings. The van der Waals surface area contributed by atoms with Crippen LogP contribution in [0, 0.1) is 6.92 Å². The second-order valence-electron chi connectivity index (χ2n) is 5.48. The Kier molecular flexibility index (Phi) is 5.55. The minimum Gasteiger partial charge on any atom is -0.480 e. The van der Waals surface area contributed by atoms with E-state index < -0.39 is 33.8 Å². The number of carboxylic acid groups (broad SMARTS) is 1. The van der Waals surface area contributed by atoms with Crippen molar-refractivity contribution in [2.75, 3.05) is 5.75 Å². The van der Waals surface area contributed by atoms with E-state index >= 15 is 0 Å². The Bertz CT molecular complexity index is 893. The van der Waals surface area contributed by atoms with Crippen LogP contribution in [0.25, 0.3) is 11.1 Å². The zero-order chi connectivity index (χ0) is 18.6. The van der Waals surface area contributed by atoms with Gasteiger partial charge in [0.2, 0.25) is 0 Å². The second-order valence-corrected chi connectivity index (χ2v) is 6.97. The Labute approximate surface area is 145 Å². The van der Waals surface area contributed by atoms with Gasteiger partial charge in [0, 0.05) is 0 Å². The highest BCUT2D eigenvalue weighted by Crippen LogP contribution is 2.26. The summed E-state index contributed by atoms with van der Waals surface area (Å²) in [7, 11) is -4.56. The third kappa shape index (κ3) is 4.88.